The molecule has 0 saturated heterocycles. The topological polar surface area (TPSA) is 9.23 Å². The molecule has 1 nitrogen and oxygen atoms in total. The third-order valence-corrected chi connectivity index (χ3v) is 8.31. The van der Waals surface area contributed by atoms with E-state index < -0.39 is 20.2 Å². The molecule has 0 unspecified atom stereocenters. The molecule has 2 heteroatoms. The zero-order valence-electron chi connectivity index (χ0n) is 13.5. The van der Waals surface area contributed by atoms with Crippen molar-refractivity contribution in [1.29, 1.82) is 0 Å². The first-order valence-corrected chi connectivity index (χ1v) is 11.4. The maximum absolute atomic E-state index is 6.38. The van der Waals surface area contributed by atoms with Crippen LogP contribution in [0.2, 0.25) is 0 Å². The van der Waals surface area contributed by atoms with Crippen LogP contribution in [0.5, 0.6) is 0 Å². The van der Waals surface area contributed by atoms with E-state index in [0.29, 0.717) is 0 Å². The van der Waals surface area contributed by atoms with Gasteiger partial charge in [-0.3, -0.25) is 0 Å². The molecule has 0 bridgehead atoms. The van der Waals surface area contributed by atoms with Crippen molar-refractivity contribution in [2.45, 2.75) is 45.4 Å². The van der Waals surface area contributed by atoms with Crippen molar-refractivity contribution in [3.05, 3.63) is 67.8 Å². The van der Waals surface area contributed by atoms with E-state index >= 15 is 0 Å². The fraction of sp³-hybridized carbons (Fsp3) is 0.400. The number of rotatable bonds is 10. The molecule has 0 amide bonds. The minimum absolute atomic E-state index is 0.904. The van der Waals surface area contributed by atoms with E-state index in [1.807, 2.05) is 0 Å². The predicted molar refractivity (Wildman–Crippen MR) is 104 cm³/mol. The van der Waals surface area contributed by atoms with Crippen LogP contribution < -0.4 is 0 Å². The molecular weight excluding hydrogens is 383 g/mol. The second kappa shape index (κ2) is 10.8. The molecule has 0 saturated carbocycles. The molecule has 0 aromatic heterocycles. The van der Waals surface area contributed by atoms with E-state index in [2.05, 4.69) is 67.6 Å². The Labute approximate surface area is 143 Å². The molecule has 0 atom stereocenters. The molecule has 22 heavy (non-hydrogen) atoms. The van der Waals surface area contributed by atoms with Crippen LogP contribution in [0.15, 0.2) is 60.7 Å². The van der Waals surface area contributed by atoms with Crippen LogP contribution in [-0.4, -0.2) is 6.61 Å². The Morgan fingerprint density at radius 3 is 1.73 bits per heavy atom. The zero-order chi connectivity index (χ0) is 15.5. The molecule has 0 radical (unpaired) electrons. The first-order valence-electron chi connectivity index (χ1n) is 8.35. The van der Waals surface area contributed by atoms with Gasteiger partial charge in [0, 0.05) is 0 Å². The summed E-state index contributed by atoms with van der Waals surface area (Å²) in [5, 5.41) is 0. The number of hydrogen-bond donors (Lipinski definition) is 0. The van der Waals surface area contributed by atoms with Crippen molar-refractivity contribution >= 4 is 20.2 Å². The van der Waals surface area contributed by atoms with Crippen LogP contribution in [0.4, 0.5) is 0 Å². The van der Waals surface area contributed by atoms with Gasteiger partial charge in [-0.2, -0.15) is 0 Å². The molecule has 0 fully saturated rings. The summed E-state index contributed by atoms with van der Waals surface area (Å²) in [4.78, 5) is 0. The Kier molecular flexibility index (Phi) is 8.57. The summed E-state index contributed by atoms with van der Waals surface area (Å²) in [6.07, 6.45) is 7.89. The normalized spacial score (nSPS) is 11.4. The quantitative estimate of drug-likeness (QED) is 0.320. The molecule has 2 aromatic rings. The van der Waals surface area contributed by atoms with Crippen molar-refractivity contribution in [1.82, 2.24) is 0 Å². The zero-order valence-corrected chi connectivity index (χ0v) is 15.7. The van der Waals surface area contributed by atoms with Crippen LogP contribution >= 0.6 is 20.2 Å². The fourth-order valence-corrected chi connectivity index (χ4v) is 6.65. The van der Waals surface area contributed by atoms with Gasteiger partial charge in [0.15, 0.2) is 0 Å². The number of hydrogen-bond acceptors (Lipinski definition) is 1. The van der Waals surface area contributed by atoms with Crippen molar-refractivity contribution in [3.63, 3.8) is 0 Å². The first-order chi connectivity index (χ1) is 10.9. The molecule has 0 aliphatic heterocycles. The number of benzene rings is 2. The van der Waals surface area contributed by atoms with Crippen molar-refractivity contribution in [2.75, 3.05) is 6.61 Å². The van der Waals surface area contributed by atoms with Gasteiger partial charge >= 0.3 is 143 Å². The SMILES string of the molecule is CCCCCCCCOI(c1ccccc1)c1ccccc1. The summed E-state index contributed by atoms with van der Waals surface area (Å²) in [6.45, 7) is 3.17. The van der Waals surface area contributed by atoms with E-state index in [1.54, 1.807) is 0 Å². The molecule has 120 valence electrons. The van der Waals surface area contributed by atoms with Gasteiger partial charge in [-0.1, -0.05) is 0 Å². The van der Waals surface area contributed by atoms with Gasteiger partial charge in [0.2, 0.25) is 0 Å². The van der Waals surface area contributed by atoms with Crippen LogP contribution in [0, 0.1) is 7.14 Å². The first kappa shape index (κ1) is 17.5. The monoisotopic (exact) mass is 410 g/mol. The van der Waals surface area contributed by atoms with Crippen LogP contribution in [0.3, 0.4) is 0 Å². The van der Waals surface area contributed by atoms with E-state index in [4.69, 9.17) is 3.07 Å². The number of unbranched alkanes of at least 4 members (excludes halogenated alkanes) is 5. The Hall–Kier alpha value is -0.870. The van der Waals surface area contributed by atoms with Gasteiger partial charge in [-0.15, -0.1) is 0 Å². The standard InChI is InChI=1S/C20H27IO/c1-2-3-4-5-6-13-18-22-21(19-14-9-7-10-15-19)20-16-11-8-12-17-20/h7-12,14-17H,2-6,13,18H2,1H3. The van der Waals surface area contributed by atoms with Crippen LogP contribution in [0.1, 0.15) is 45.4 Å². The van der Waals surface area contributed by atoms with Gasteiger partial charge in [0.05, 0.1) is 0 Å². The van der Waals surface area contributed by atoms with Gasteiger partial charge in [-0.25, -0.2) is 0 Å². The molecule has 2 rings (SSSR count). The van der Waals surface area contributed by atoms with E-state index in [0.717, 1.165) is 6.61 Å². The Morgan fingerprint density at radius 1 is 0.682 bits per heavy atom. The second-order valence-corrected chi connectivity index (χ2v) is 9.96. The van der Waals surface area contributed by atoms with Crippen molar-refractivity contribution in [2.24, 2.45) is 0 Å². The van der Waals surface area contributed by atoms with E-state index in [1.165, 1.54) is 45.7 Å². The third kappa shape index (κ3) is 6.09. The summed E-state index contributed by atoms with van der Waals surface area (Å²) >= 11 is -1.72. The molecule has 0 heterocycles. The second-order valence-electron chi connectivity index (χ2n) is 5.42. The van der Waals surface area contributed by atoms with Crippen LogP contribution in [-0.2, 0) is 3.07 Å². The Morgan fingerprint density at radius 2 is 1.18 bits per heavy atom. The van der Waals surface area contributed by atoms with Gasteiger partial charge in [-0.05, 0) is 0 Å². The summed E-state index contributed by atoms with van der Waals surface area (Å²) in [6, 6.07) is 21.5. The van der Waals surface area contributed by atoms with E-state index in [9.17, 15) is 0 Å². The summed E-state index contributed by atoms with van der Waals surface area (Å²) < 4.78 is 9.16. The fourth-order valence-electron chi connectivity index (χ4n) is 2.32. The average molecular weight is 410 g/mol. The van der Waals surface area contributed by atoms with Crippen LogP contribution in [0.25, 0.3) is 0 Å². The molecule has 0 spiro atoms. The molecule has 0 N–H and O–H groups in total. The van der Waals surface area contributed by atoms with Crippen molar-refractivity contribution in [3.8, 4) is 0 Å². The van der Waals surface area contributed by atoms with Gasteiger partial charge < -0.3 is 0 Å². The Bertz CT molecular complexity index is 458. The average Bonchev–Trinajstić information content (AvgIpc) is 2.59. The number of halogens is 1. The summed E-state index contributed by atoms with van der Waals surface area (Å²) in [5.74, 6) is 0. The van der Waals surface area contributed by atoms with E-state index in [-0.39, 0.29) is 0 Å². The molecule has 0 aliphatic carbocycles. The molecule has 2 aromatic carbocycles. The maximum atomic E-state index is 6.38. The van der Waals surface area contributed by atoms with Crippen molar-refractivity contribution < 1.29 is 3.07 Å². The summed E-state index contributed by atoms with van der Waals surface area (Å²) in [5.41, 5.74) is 0. The minimum atomic E-state index is -1.72. The predicted octanol–water partition coefficient (Wildman–Crippen LogP) is 6.52. The van der Waals surface area contributed by atoms with Gasteiger partial charge in [0.25, 0.3) is 0 Å². The third-order valence-electron chi connectivity index (χ3n) is 3.55. The van der Waals surface area contributed by atoms with Gasteiger partial charge in [0.1, 0.15) is 0 Å². The molecular formula is C20H27IO. The molecule has 0 aliphatic rings. The Balaban J connectivity index is 1.87. The summed E-state index contributed by atoms with van der Waals surface area (Å²) in [7, 11) is 0.